The minimum absolute atomic E-state index is 0.113. The molecule has 3 saturated heterocycles. The van der Waals surface area contributed by atoms with Crippen LogP contribution in [0.2, 0.25) is 0 Å². The SMILES string of the molecule is CNc1ncnc2c1ncn2[C@@H]1O[C@H](COP(=O)(O)OP(=O)(O)OP(=O)(O)OC[C@@H]2CC(C)[C@H](n3c[n+](C)c4c(=O)[nH]c(N)nc43)O2)C(OP(=O)(O)OC[C@H]2O[C@@H](n3cnc4c(=O)[nH]c(N)nc43)C(O)C2O)C1OC. The molecule has 0 spiro atoms. The normalized spacial score (nSPS) is 29.4. The Hall–Kier alpha value is -5.07. The largest absolute Gasteiger partial charge is 0.490 e. The molecule has 0 aromatic carbocycles. The fraction of sp³-hybridized carbons (Fsp3) is 0.559. The lowest BCUT2D eigenvalue weighted by atomic mass is 10.1. The lowest BCUT2D eigenvalue weighted by Crippen LogP contribution is -2.38. The van der Waals surface area contributed by atoms with Crippen LogP contribution in [0.1, 0.15) is 32.0 Å². The standard InChI is InChI=1S/C34H47N15O22P4/c1-13-5-14(66-30(13)49-12-46(3)19-27(49)43-34(36)45-29(19)53)6-63-73(56,57)70-75(60,61)71-74(58,59)65-8-16-22(23(62-4)32(68-16)47-10-40-17-24(37-2)38-9-39-25(17)47)69-72(54,55)64-7-15-20(50)21(51)31(67-15)48-11-41-18-26(48)42-33(35)44-28(18)52/h9-16,20-23,30-32,50-51H,5-8H2,1-4H3,(H10-,35,36,37,38,39,42,43,44,45,52,53,54,55,56,57,58,59,60,61)/p+1/t13?,14-,15+,16+,20?,21?,22?,23?,30+,31+,32+/m0/s1. The van der Waals surface area contributed by atoms with E-state index in [-0.39, 0.29) is 63.5 Å². The van der Waals surface area contributed by atoms with Crippen molar-refractivity contribution in [3.63, 3.8) is 0 Å². The summed E-state index contributed by atoms with van der Waals surface area (Å²) in [5.74, 6) is -0.518. The van der Waals surface area contributed by atoms with Gasteiger partial charge >= 0.3 is 36.9 Å². The molecule has 41 heteroatoms. The summed E-state index contributed by atoms with van der Waals surface area (Å²) < 4.78 is 111. The highest BCUT2D eigenvalue weighted by Gasteiger charge is 2.53. The van der Waals surface area contributed by atoms with Gasteiger partial charge in [-0.15, -0.1) is 0 Å². The Labute approximate surface area is 418 Å². The highest BCUT2D eigenvalue weighted by atomic mass is 31.3. The second-order valence-electron chi connectivity index (χ2n) is 17.0. The molecule has 410 valence electrons. The van der Waals surface area contributed by atoms with Gasteiger partial charge in [-0.1, -0.05) is 6.92 Å². The molecule has 9 unspecified atom stereocenters. The lowest BCUT2D eigenvalue weighted by Gasteiger charge is -2.26. The van der Waals surface area contributed by atoms with E-state index in [4.69, 9.17) is 48.5 Å². The third-order valence-electron chi connectivity index (χ3n) is 11.9. The molecule has 0 amide bonds. The topological polar surface area (TPSA) is 508 Å². The zero-order valence-electron chi connectivity index (χ0n) is 39.1. The van der Waals surface area contributed by atoms with E-state index in [0.717, 1.165) is 18.0 Å². The summed E-state index contributed by atoms with van der Waals surface area (Å²) in [5, 5.41) is 24.6. The number of aromatic nitrogens is 12. The molecule has 0 aliphatic carbocycles. The molecular formula is C34H48N15O22P4+. The van der Waals surface area contributed by atoms with E-state index in [1.165, 1.54) is 32.7 Å². The summed E-state index contributed by atoms with van der Waals surface area (Å²) in [6.45, 7) is -1.12. The van der Waals surface area contributed by atoms with Crippen LogP contribution in [-0.4, -0.2) is 160 Å². The maximum Gasteiger partial charge on any atom is 0.490 e. The number of nitrogens with one attached hydrogen (secondary N) is 3. The van der Waals surface area contributed by atoms with Gasteiger partial charge in [-0.05, 0) is 6.42 Å². The predicted molar refractivity (Wildman–Crippen MR) is 246 cm³/mol. The summed E-state index contributed by atoms with van der Waals surface area (Å²) in [6, 6.07) is 0. The Balaban J connectivity index is 0.862. The van der Waals surface area contributed by atoms with E-state index in [1.807, 2.05) is 0 Å². The number of anilines is 3. The number of H-pyrrole nitrogens is 2. The van der Waals surface area contributed by atoms with E-state index in [2.05, 4.69) is 53.8 Å². The average Bonchev–Trinajstić information content (AvgIpc) is 4.18. The van der Waals surface area contributed by atoms with E-state index < -0.39 is 124 Å². The molecule has 0 bridgehead atoms. The van der Waals surface area contributed by atoms with Crippen LogP contribution in [0.3, 0.4) is 0 Å². The molecule has 3 aliphatic heterocycles. The Kier molecular flexibility index (Phi) is 15.1. The fourth-order valence-electron chi connectivity index (χ4n) is 8.73. The summed E-state index contributed by atoms with van der Waals surface area (Å²) in [4.78, 5) is 96.8. The molecule has 6 aromatic rings. The van der Waals surface area contributed by atoms with Crippen molar-refractivity contribution in [1.29, 1.82) is 0 Å². The average molecular weight is 1140 g/mol. The van der Waals surface area contributed by atoms with Gasteiger partial charge in [-0.2, -0.15) is 23.2 Å². The smallest absolute Gasteiger partial charge is 0.387 e. The maximum atomic E-state index is 13.7. The van der Waals surface area contributed by atoms with Crippen molar-refractivity contribution in [2.24, 2.45) is 13.0 Å². The molecule has 3 aliphatic rings. The van der Waals surface area contributed by atoms with E-state index in [1.54, 1.807) is 21.0 Å². The van der Waals surface area contributed by atoms with Crippen LogP contribution in [0.5, 0.6) is 0 Å². The number of aryl methyl sites for hydroxylation is 1. The second kappa shape index (κ2) is 20.7. The molecule has 6 aromatic heterocycles. The van der Waals surface area contributed by atoms with Gasteiger partial charge in [0.25, 0.3) is 16.7 Å². The number of methoxy groups -OCH3 is 1. The fourth-order valence-corrected chi connectivity index (χ4v) is 13.2. The summed E-state index contributed by atoms with van der Waals surface area (Å²) in [5.41, 5.74) is 10.5. The van der Waals surface area contributed by atoms with Crippen molar-refractivity contribution in [2.75, 3.05) is 50.8 Å². The molecule has 9 rings (SSSR count). The number of rotatable bonds is 20. The summed E-state index contributed by atoms with van der Waals surface area (Å²) in [7, 11) is -18.7. The van der Waals surface area contributed by atoms with Crippen LogP contribution in [0.4, 0.5) is 17.7 Å². The number of nitrogens with two attached hydrogens (primary N) is 2. The Morgan fingerprint density at radius 2 is 1.33 bits per heavy atom. The van der Waals surface area contributed by atoms with Crippen LogP contribution in [0.25, 0.3) is 33.5 Å². The number of ether oxygens (including phenoxy) is 4. The molecular weight excluding hydrogens is 1090 g/mol. The molecule has 13 N–H and O–H groups in total. The first-order chi connectivity index (χ1) is 35.3. The quantitative estimate of drug-likeness (QED) is 0.0292. The third-order valence-corrected chi connectivity index (χ3v) is 17.1. The number of aliphatic hydroxyl groups excluding tert-OH is 2. The first kappa shape index (κ1) is 54.7. The third kappa shape index (κ3) is 11.2. The number of phosphoric acid groups is 4. The monoisotopic (exact) mass is 1140 g/mol. The number of nitrogen functional groups attached to an aromatic ring is 2. The lowest BCUT2D eigenvalue weighted by molar-refractivity contribution is -0.646. The van der Waals surface area contributed by atoms with Crippen molar-refractivity contribution < 1.29 is 98.3 Å². The Morgan fingerprint density at radius 3 is 2.01 bits per heavy atom. The number of hydrogen-bond acceptors (Lipinski definition) is 27. The first-order valence-electron chi connectivity index (χ1n) is 21.8. The van der Waals surface area contributed by atoms with E-state index in [0.29, 0.717) is 0 Å². The molecule has 0 saturated carbocycles. The van der Waals surface area contributed by atoms with Crippen LogP contribution in [0.15, 0.2) is 34.9 Å². The van der Waals surface area contributed by atoms with Crippen molar-refractivity contribution >= 4 is 82.5 Å². The highest BCUT2D eigenvalue weighted by Crippen LogP contribution is 2.68. The number of phosphoric ester groups is 3. The van der Waals surface area contributed by atoms with Gasteiger partial charge in [-0.25, -0.2) is 42.8 Å². The van der Waals surface area contributed by atoms with Crippen molar-refractivity contribution in [3.05, 3.63) is 46.0 Å². The van der Waals surface area contributed by atoms with Crippen molar-refractivity contribution in [1.82, 2.24) is 53.6 Å². The van der Waals surface area contributed by atoms with Gasteiger partial charge in [0.05, 0.1) is 45.6 Å². The predicted octanol–water partition coefficient (Wildman–Crippen LogP) is -1.95. The summed E-state index contributed by atoms with van der Waals surface area (Å²) in [6.07, 6.45) is -9.66. The second-order valence-corrected chi connectivity index (χ2v) is 23.0. The number of aromatic amines is 2. The number of hydrogen-bond donors (Lipinski definition) is 11. The number of fused-ring (bicyclic) bond motifs is 3. The number of imidazole rings is 3. The molecule has 15 atom stereocenters. The Morgan fingerprint density at radius 1 is 0.733 bits per heavy atom. The van der Waals surface area contributed by atoms with Crippen molar-refractivity contribution in [2.45, 2.75) is 74.8 Å². The van der Waals surface area contributed by atoms with E-state index >= 15 is 0 Å². The minimum Gasteiger partial charge on any atom is -0.387 e. The van der Waals surface area contributed by atoms with Gasteiger partial charge in [0.2, 0.25) is 24.5 Å². The molecule has 0 radical (unpaired) electrons. The van der Waals surface area contributed by atoms with E-state index in [9.17, 15) is 57.6 Å². The molecule has 37 nitrogen and oxygen atoms in total. The molecule has 75 heavy (non-hydrogen) atoms. The van der Waals surface area contributed by atoms with Crippen molar-refractivity contribution in [3.8, 4) is 0 Å². The highest BCUT2D eigenvalue weighted by molar-refractivity contribution is 7.66. The number of aliphatic hydroxyl groups is 2. The van der Waals surface area contributed by atoms with Crippen LogP contribution in [-0.2, 0) is 71.0 Å². The van der Waals surface area contributed by atoms with Crippen LogP contribution < -0.4 is 32.5 Å². The first-order valence-corrected chi connectivity index (χ1v) is 27.8. The minimum atomic E-state index is -6.07. The van der Waals surface area contributed by atoms with Gasteiger partial charge < -0.3 is 65.5 Å². The Bertz CT molecular complexity index is 3450. The zero-order valence-corrected chi connectivity index (χ0v) is 42.7. The molecule has 3 fully saturated rings. The maximum absolute atomic E-state index is 13.7. The molecule has 9 heterocycles. The van der Waals surface area contributed by atoms with Gasteiger partial charge in [0.1, 0.15) is 48.5 Å². The van der Waals surface area contributed by atoms with Gasteiger partial charge in [0, 0.05) is 20.1 Å². The van der Waals surface area contributed by atoms with Gasteiger partial charge in [0.15, 0.2) is 35.1 Å². The van der Waals surface area contributed by atoms with Crippen LogP contribution >= 0.6 is 31.3 Å². The number of nitrogens with zero attached hydrogens (tertiary/aromatic N) is 10. The summed E-state index contributed by atoms with van der Waals surface area (Å²) >= 11 is 0. The zero-order chi connectivity index (χ0) is 54.1. The van der Waals surface area contributed by atoms with Crippen LogP contribution in [0, 0.1) is 5.92 Å². The van der Waals surface area contributed by atoms with Gasteiger partial charge in [-0.3, -0.25) is 46.8 Å².